The number of hydrogen-bond donors (Lipinski definition) is 1. The van der Waals surface area contributed by atoms with Gasteiger partial charge in [-0.15, -0.1) is 0 Å². The molecule has 0 aromatic heterocycles. The van der Waals surface area contributed by atoms with Crippen LogP contribution in [0.4, 0.5) is 9.18 Å². The fourth-order valence-corrected chi connectivity index (χ4v) is 3.49. The zero-order chi connectivity index (χ0) is 17.0. The number of carbonyl (C=O) groups is 1. The third kappa shape index (κ3) is 3.87. The lowest BCUT2D eigenvalue weighted by atomic mass is 9.74. The molecule has 2 saturated heterocycles. The van der Waals surface area contributed by atoms with Crippen molar-refractivity contribution in [3.8, 4) is 0 Å². The van der Waals surface area contributed by atoms with E-state index in [2.05, 4.69) is 5.32 Å². The van der Waals surface area contributed by atoms with Crippen LogP contribution in [0.1, 0.15) is 25.3 Å². The van der Waals surface area contributed by atoms with E-state index in [1.807, 2.05) is 19.1 Å². The molecule has 6 heteroatoms. The maximum Gasteiger partial charge on any atom is 0.317 e. The molecule has 5 nitrogen and oxygen atoms in total. The van der Waals surface area contributed by atoms with Gasteiger partial charge in [-0.25, -0.2) is 9.18 Å². The summed E-state index contributed by atoms with van der Waals surface area (Å²) in [5, 5.41) is 3.08. The Morgan fingerprint density at radius 3 is 2.67 bits per heavy atom. The minimum absolute atomic E-state index is 0.0573. The Morgan fingerprint density at radius 1 is 1.29 bits per heavy atom. The van der Waals surface area contributed by atoms with Crippen LogP contribution in [0.15, 0.2) is 24.3 Å². The van der Waals surface area contributed by atoms with E-state index in [0.717, 1.165) is 18.4 Å². The van der Waals surface area contributed by atoms with Crippen LogP contribution in [0.3, 0.4) is 0 Å². The number of benzene rings is 1. The molecule has 0 bridgehead atoms. The van der Waals surface area contributed by atoms with E-state index in [4.69, 9.17) is 9.47 Å². The van der Waals surface area contributed by atoms with E-state index in [1.165, 1.54) is 12.1 Å². The standard InChI is InChI=1S/C18H25FN2O3/c1-14-12-21(8-11-24-14)17(22)20-13-18(6-9-23-10-7-18)15-2-4-16(19)5-3-15/h2-5,14H,6-13H2,1H3,(H,20,22). The summed E-state index contributed by atoms with van der Waals surface area (Å²) in [4.78, 5) is 14.3. The molecule has 0 aliphatic carbocycles. The van der Waals surface area contributed by atoms with Crippen LogP contribution in [0.25, 0.3) is 0 Å². The Bertz CT molecular complexity index is 558. The molecule has 2 fully saturated rings. The molecule has 2 amide bonds. The van der Waals surface area contributed by atoms with Gasteiger partial charge in [-0.2, -0.15) is 0 Å². The number of amides is 2. The molecule has 1 aromatic carbocycles. The van der Waals surface area contributed by atoms with Crippen LogP contribution in [-0.4, -0.2) is 56.5 Å². The van der Waals surface area contributed by atoms with Gasteiger partial charge in [-0.3, -0.25) is 0 Å². The Labute approximate surface area is 142 Å². The first kappa shape index (κ1) is 17.2. The summed E-state index contributed by atoms with van der Waals surface area (Å²) in [5.74, 6) is -0.243. The third-order valence-corrected chi connectivity index (χ3v) is 5.01. The SMILES string of the molecule is CC1CN(C(=O)NCC2(c3ccc(F)cc3)CCOCC2)CCO1. The zero-order valence-electron chi connectivity index (χ0n) is 14.1. The average Bonchev–Trinajstić information content (AvgIpc) is 2.61. The summed E-state index contributed by atoms with van der Waals surface area (Å²) in [6.07, 6.45) is 1.70. The van der Waals surface area contributed by atoms with Crippen LogP contribution in [0.5, 0.6) is 0 Å². The molecule has 1 unspecified atom stereocenters. The molecule has 0 spiro atoms. The van der Waals surface area contributed by atoms with Crippen LogP contribution in [0, 0.1) is 5.82 Å². The Balaban J connectivity index is 1.68. The fraction of sp³-hybridized carbons (Fsp3) is 0.611. The van der Waals surface area contributed by atoms with Crippen molar-refractivity contribution in [2.24, 2.45) is 0 Å². The summed E-state index contributed by atoms with van der Waals surface area (Å²) in [7, 11) is 0. The Hall–Kier alpha value is -1.66. The summed E-state index contributed by atoms with van der Waals surface area (Å²) in [5.41, 5.74) is 0.863. The van der Waals surface area contributed by atoms with Crippen molar-refractivity contribution in [3.05, 3.63) is 35.6 Å². The number of nitrogens with zero attached hydrogens (tertiary/aromatic N) is 1. The summed E-state index contributed by atoms with van der Waals surface area (Å²) in [6, 6.07) is 6.56. The largest absolute Gasteiger partial charge is 0.381 e. The van der Waals surface area contributed by atoms with Gasteiger partial charge in [0, 0.05) is 38.3 Å². The van der Waals surface area contributed by atoms with E-state index < -0.39 is 0 Å². The van der Waals surface area contributed by atoms with Crippen LogP contribution in [-0.2, 0) is 14.9 Å². The molecule has 1 atom stereocenters. The lowest BCUT2D eigenvalue weighted by Gasteiger charge is -2.39. The van der Waals surface area contributed by atoms with E-state index in [9.17, 15) is 9.18 Å². The summed E-state index contributed by atoms with van der Waals surface area (Å²) < 4.78 is 24.2. The molecule has 2 aliphatic heterocycles. The van der Waals surface area contributed by atoms with Crippen LogP contribution < -0.4 is 5.32 Å². The first-order valence-electron chi connectivity index (χ1n) is 8.57. The molecule has 0 saturated carbocycles. The predicted molar refractivity (Wildman–Crippen MR) is 88.5 cm³/mol. The minimum atomic E-state index is -0.243. The number of carbonyl (C=O) groups excluding carboxylic acids is 1. The Morgan fingerprint density at radius 2 is 2.00 bits per heavy atom. The van der Waals surface area contributed by atoms with Crippen LogP contribution in [0.2, 0.25) is 0 Å². The number of nitrogens with one attached hydrogen (secondary N) is 1. The normalized spacial score (nSPS) is 23.8. The van der Waals surface area contributed by atoms with E-state index in [1.54, 1.807) is 4.90 Å². The monoisotopic (exact) mass is 336 g/mol. The lowest BCUT2D eigenvalue weighted by molar-refractivity contribution is -0.00419. The van der Waals surface area contributed by atoms with Gasteiger partial charge in [0.2, 0.25) is 0 Å². The number of halogens is 1. The second kappa shape index (κ2) is 7.49. The van der Waals surface area contributed by atoms with Gasteiger partial charge < -0.3 is 19.7 Å². The quantitative estimate of drug-likeness (QED) is 0.921. The molecule has 132 valence electrons. The van der Waals surface area contributed by atoms with Gasteiger partial charge in [-0.05, 0) is 37.5 Å². The summed E-state index contributed by atoms with van der Waals surface area (Å²) in [6.45, 7) is 5.61. The predicted octanol–water partition coefficient (Wildman–Crippen LogP) is 2.30. The van der Waals surface area contributed by atoms with Crippen molar-refractivity contribution in [1.82, 2.24) is 10.2 Å². The highest BCUT2D eigenvalue weighted by Gasteiger charge is 2.35. The average molecular weight is 336 g/mol. The van der Waals surface area contributed by atoms with E-state index >= 15 is 0 Å². The fourth-order valence-electron chi connectivity index (χ4n) is 3.49. The van der Waals surface area contributed by atoms with E-state index in [0.29, 0.717) is 39.5 Å². The first-order valence-corrected chi connectivity index (χ1v) is 8.57. The van der Waals surface area contributed by atoms with Crippen LogP contribution >= 0.6 is 0 Å². The molecule has 24 heavy (non-hydrogen) atoms. The summed E-state index contributed by atoms with van der Waals surface area (Å²) >= 11 is 0. The van der Waals surface area contributed by atoms with Gasteiger partial charge >= 0.3 is 6.03 Å². The van der Waals surface area contributed by atoms with Crippen molar-refractivity contribution in [2.75, 3.05) is 39.5 Å². The zero-order valence-corrected chi connectivity index (χ0v) is 14.1. The van der Waals surface area contributed by atoms with Gasteiger partial charge in [0.25, 0.3) is 0 Å². The first-order chi connectivity index (χ1) is 11.6. The third-order valence-electron chi connectivity index (χ3n) is 5.01. The van der Waals surface area contributed by atoms with Crippen molar-refractivity contribution in [2.45, 2.75) is 31.3 Å². The highest BCUT2D eigenvalue weighted by molar-refractivity contribution is 5.74. The second-order valence-corrected chi connectivity index (χ2v) is 6.69. The van der Waals surface area contributed by atoms with Crippen molar-refractivity contribution >= 4 is 6.03 Å². The number of ether oxygens (including phenoxy) is 2. The molecule has 1 aromatic rings. The number of hydrogen-bond acceptors (Lipinski definition) is 3. The van der Waals surface area contributed by atoms with Crippen molar-refractivity contribution in [1.29, 1.82) is 0 Å². The minimum Gasteiger partial charge on any atom is -0.381 e. The molecular formula is C18H25FN2O3. The maximum atomic E-state index is 13.3. The molecule has 0 radical (unpaired) electrons. The highest BCUT2D eigenvalue weighted by atomic mass is 19.1. The maximum absolute atomic E-state index is 13.3. The molecule has 2 heterocycles. The van der Waals surface area contributed by atoms with Crippen molar-refractivity contribution in [3.63, 3.8) is 0 Å². The second-order valence-electron chi connectivity index (χ2n) is 6.69. The lowest BCUT2D eigenvalue weighted by Crippen LogP contribution is -2.52. The van der Waals surface area contributed by atoms with Gasteiger partial charge in [0.15, 0.2) is 0 Å². The van der Waals surface area contributed by atoms with Gasteiger partial charge in [0.1, 0.15) is 5.82 Å². The topological polar surface area (TPSA) is 50.8 Å². The highest BCUT2D eigenvalue weighted by Crippen LogP contribution is 2.34. The molecule has 1 N–H and O–H groups in total. The van der Waals surface area contributed by atoms with E-state index in [-0.39, 0.29) is 23.4 Å². The number of urea groups is 1. The van der Waals surface area contributed by atoms with Gasteiger partial charge in [-0.1, -0.05) is 12.1 Å². The molecular weight excluding hydrogens is 311 g/mol. The van der Waals surface area contributed by atoms with Crippen molar-refractivity contribution < 1.29 is 18.7 Å². The molecule has 3 rings (SSSR count). The molecule has 2 aliphatic rings. The number of rotatable bonds is 3. The number of morpholine rings is 1. The smallest absolute Gasteiger partial charge is 0.317 e. The van der Waals surface area contributed by atoms with Gasteiger partial charge in [0.05, 0.1) is 12.7 Å². The Kier molecular flexibility index (Phi) is 5.36.